The van der Waals surface area contributed by atoms with Crippen molar-refractivity contribution in [1.29, 1.82) is 0 Å². The zero-order chi connectivity index (χ0) is 17.5. The van der Waals surface area contributed by atoms with Crippen LogP contribution in [0.4, 0.5) is 4.39 Å². The summed E-state index contributed by atoms with van der Waals surface area (Å²) in [5.74, 6) is -0.554. The van der Waals surface area contributed by atoms with Crippen LogP contribution in [0, 0.1) is 17.7 Å². The predicted molar refractivity (Wildman–Crippen MR) is 91.1 cm³/mol. The highest BCUT2D eigenvalue weighted by Crippen LogP contribution is 2.10. The monoisotopic (exact) mass is 335 g/mol. The van der Waals surface area contributed by atoms with E-state index in [-0.39, 0.29) is 17.7 Å². The zero-order valence-electron chi connectivity index (χ0n) is 14.3. The van der Waals surface area contributed by atoms with E-state index in [0.717, 1.165) is 25.9 Å². The lowest BCUT2D eigenvalue weighted by molar-refractivity contribution is -0.124. The van der Waals surface area contributed by atoms with E-state index in [9.17, 15) is 14.0 Å². The molecule has 1 aromatic rings. The van der Waals surface area contributed by atoms with Gasteiger partial charge >= 0.3 is 0 Å². The van der Waals surface area contributed by atoms with Crippen LogP contribution < -0.4 is 16.0 Å². The van der Waals surface area contributed by atoms with Crippen molar-refractivity contribution >= 4 is 11.8 Å². The fraction of sp³-hybridized carbons (Fsp3) is 0.556. The van der Waals surface area contributed by atoms with E-state index in [1.807, 2.05) is 13.8 Å². The zero-order valence-corrected chi connectivity index (χ0v) is 14.3. The van der Waals surface area contributed by atoms with Gasteiger partial charge in [-0.05, 0) is 62.0 Å². The van der Waals surface area contributed by atoms with Gasteiger partial charge in [0, 0.05) is 12.1 Å². The summed E-state index contributed by atoms with van der Waals surface area (Å²) in [5.41, 5.74) is 0.339. The van der Waals surface area contributed by atoms with E-state index in [2.05, 4.69) is 16.0 Å². The van der Waals surface area contributed by atoms with Crippen LogP contribution in [0.5, 0.6) is 0 Å². The summed E-state index contributed by atoms with van der Waals surface area (Å²) in [5, 5.41) is 9.01. The average molecular weight is 335 g/mol. The molecule has 1 aliphatic rings. The molecule has 1 aromatic carbocycles. The summed E-state index contributed by atoms with van der Waals surface area (Å²) in [6, 6.07) is 4.67. The van der Waals surface area contributed by atoms with E-state index in [0.29, 0.717) is 18.0 Å². The Hall–Kier alpha value is -1.95. The number of amides is 2. The third-order valence-corrected chi connectivity index (χ3v) is 4.31. The summed E-state index contributed by atoms with van der Waals surface area (Å²) in [6.07, 6.45) is 2.22. The number of hydrogen-bond donors (Lipinski definition) is 3. The number of carbonyl (C=O) groups is 2. The Labute approximate surface area is 142 Å². The molecule has 1 aliphatic heterocycles. The second-order valence-corrected chi connectivity index (χ2v) is 6.66. The second kappa shape index (κ2) is 8.78. The third-order valence-electron chi connectivity index (χ3n) is 4.31. The van der Waals surface area contributed by atoms with Crippen molar-refractivity contribution in [2.24, 2.45) is 11.8 Å². The van der Waals surface area contributed by atoms with Crippen molar-refractivity contribution in [2.75, 3.05) is 19.6 Å². The summed E-state index contributed by atoms with van der Waals surface area (Å²) < 4.78 is 12.9. The number of carbonyl (C=O) groups excluding carboxylic acids is 2. The molecule has 1 heterocycles. The number of nitrogens with one attached hydrogen (secondary N) is 3. The van der Waals surface area contributed by atoms with Gasteiger partial charge in [0.1, 0.15) is 11.9 Å². The number of hydrogen-bond acceptors (Lipinski definition) is 3. The smallest absolute Gasteiger partial charge is 0.251 e. The molecule has 1 saturated heterocycles. The van der Waals surface area contributed by atoms with Gasteiger partial charge in [-0.3, -0.25) is 9.59 Å². The third kappa shape index (κ3) is 5.30. The minimum Gasteiger partial charge on any atom is -0.354 e. The largest absolute Gasteiger partial charge is 0.354 e. The molecule has 0 saturated carbocycles. The van der Waals surface area contributed by atoms with Gasteiger partial charge in [0.15, 0.2) is 0 Å². The van der Waals surface area contributed by atoms with Gasteiger partial charge < -0.3 is 16.0 Å². The van der Waals surface area contributed by atoms with Crippen molar-refractivity contribution in [1.82, 2.24) is 16.0 Å². The molecular formula is C18H26FN3O2. The van der Waals surface area contributed by atoms with Crippen LogP contribution in [0.3, 0.4) is 0 Å². The van der Waals surface area contributed by atoms with Crippen LogP contribution in [-0.2, 0) is 4.79 Å². The molecule has 0 spiro atoms. The molecule has 5 nitrogen and oxygen atoms in total. The van der Waals surface area contributed by atoms with Gasteiger partial charge in [-0.25, -0.2) is 4.39 Å². The first-order valence-electron chi connectivity index (χ1n) is 8.52. The fourth-order valence-corrected chi connectivity index (χ4v) is 2.81. The maximum absolute atomic E-state index is 12.9. The maximum Gasteiger partial charge on any atom is 0.251 e. The molecule has 0 radical (unpaired) electrons. The standard InChI is InChI=1S/C18H26FN3O2/c1-12(2)16(18(24)21-11-13-4-3-9-20-10-13)22-17(23)14-5-7-15(19)8-6-14/h5-8,12-13,16,20H,3-4,9-11H2,1-2H3,(H,21,24)(H,22,23). The molecule has 6 heteroatoms. The first kappa shape index (κ1) is 18.4. The molecule has 2 unspecified atom stereocenters. The van der Waals surface area contributed by atoms with Crippen LogP contribution in [0.25, 0.3) is 0 Å². The molecule has 3 N–H and O–H groups in total. The van der Waals surface area contributed by atoms with Gasteiger partial charge in [-0.2, -0.15) is 0 Å². The molecule has 132 valence electrons. The lowest BCUT2D eigenvalue weighted by atomic mass is 9.98. The van der Waals surface area contributed by atoms with Gasteiger partial charge in [-0.15, -0.1) is 0 Å². The summed E-state index contributed by atoms with van der Waals surface area (Å²) in [6.45, 7) is 6.33. The van der Waals surface area contributed by atoms with E-state index in [4.69, 9.17) is 0 Å². The molecule has 0 aromatic heterocycles. The number of piperidine rings is 1. The summed E-state index contributed by atoms with van der Waals surface area (Å²) in [7, 11) is 0. The van der Waals surface area contributed by atoms with Crippen LogP contribution in [0.1, 0.15) is 37.0 Å². The van der Waals surface area contributed by atoms with E-state index < -0.39 is 11.9 Å². The van der Waals surface area contributed by atoms with Crippen molar-refractivity contribution in [3.8, 4) is 0 Å². The van der Waals surface area contributed by atoms with Gasteiger partial charge in [0.2, 0.25) is 5.91 Å². The highest BCUT2D eigenvalue weighted by Gasteiger charge is 2.25. The van der Waals surface area contributed by atoms with Crippen LogP contribution in [0.15, 0.2) is 24.3 Å². The topological polar surface area (TPSA) is 70.2 Å². The highest BCUT2D eigenvalue weighted by molar-refractivity contribution is 5.97. The van der Waals surface area contributed by atoms with Crippen molar-refractivity contribution in [3.05, 3.63) is 35.6 Å². The number of benzene rings is 1. The maximum atomic E-state index is 12.9. The number of halogens is 1. The van der Waals surface area contributed by atoms with E-state index in [1.54, 1.807) is 0 Å². The highest BCUT2D eigenvalue weighted by atomic mass is 19.1. The fourth-order valence-electron chi connectivity index (χ4n) is 2.81. The van der Waals surface area contributed by atoms with Gasteiger partial charge in [0.25, 0.3) is 5.91 Å². The van der Waals surface area contributed by atoms with Crippen LogP contribution >= 0.6 is 0 Å². The first-order valence-corrected chi connectivity index (χ1v) is 8.52. The molecular weight excluding hydrogens is 309 g/mol. The van der Waals surface area contributed by atoms with Crippen LogP contribution in [0.2, 0.25) is 0 Å². The minimum atomic E-state index is -0.612. The normalized spacial score (nSPS) is 18.9. The first-order chi connectivity index (χ1) is 11.5. The van der Waals surface area contributed by atoms with Gasteiger partial charge in [-0.1, -0.05) is 13.8 Å². The van der Waals surface area contributed by atoms with Crippen LogP contribution in [-0.4, -0.2) is 37.5 Å². The number of rotatable bonds is 6. The lowest BCUT2D eigenvalue weighted by Gasteiger charge is -2.26. The van der Waals surface area contributed by atoms with Crippen molar-refractivity contribution in [3.63, 3.8) is 0 Å². The van der Waals surface area contributed by atoms with E-state index >= 15 is 0 Å². The Balaban J connectivity index is 1.91. The molecule has 24 heavy (non-hydrogen) atoms. The molecule has 2 amide bonds. The Bertz CT molecular complexity index is 554. The molecule has 2 atom stereocenters. The second-order valence-electron chi connectivity index (χ2n) is 6.66. The molecule has 0 aliphatic carbocycles. The molecule has 0 bridgehead atoms. The Morgan fingerprint density at radius 3 is 2.58 bits per heavy atom. The minimum absolute atomic E-state index is 0.0427. The summed E-state index contributed by atoms with van der Waals surface area (Å²) >= 11 is 0. The van der Waals surface area contributed by atoms with Crippen molar-refractivity contribution in [2.45, 2.75) is 32.7 Å². The van der Waals surface area contributed by atoms with Gasteiger partial charge in [0.05, 0.1) is 0 Å². The molecule has 2 rings (SSSR count). The Morgan fingerprint density at radius 2 is 2.00 bits per heavy atom. The average Bonchev–Trinajstić information content (AvgIpc) is 2.58. The summed E-state index contributed by atoms with van der Waals surface area (Å²) in [4.78, 5) is 24.7. The predicted octanol–water partition coefficient (Wildman–Crippen LogP) is 1.70. The quantitative estimate of drug-likeness (QED) is 0.741. The van der Waals surface area contributed by atoms with E-state index in [1.165, 1.54) is 24.3 Å². The SMILES string of the molecule is CC(C)C(NC(=O)c1ccc(F)cc1)C(=O)NCC1CCCNC1. The van der Waals surface area contributed by atoms with Crippen molar-refractivity contribution < 1.29 is 14.0 Å². The Morgan fingerprint density at radius 1 is 1.29 bits per heavy atom. The lowest BCUT2D eigenvalue weighted by Crippen LogP contribution is -2.51. The Kier molecular flexibility index (Phi) is 6.73. The molecule has 1 fully saturated rings.